The second kappa shape index (κ2) is 4.07. The minimum absolute atomic E-state index is 0.274. The average molecular weight is 241 g/mol. The van der Waals surface area contributed by atoms with Crippen molar-refractivity contribution in [2.75, 3.05) is 5.73 Å². The summed E-state index contributed by atoms with van der Waals surface area (Å²) >= 11 is -2.62. The number of hydrogen-bond donors (Lipinski definition) is 2. The van der Waals surface area contributed by atoms with Crippen LogP contribution in [0.4, 0.5) is 18.9 Å². The van der Waals surface area contributed by atoms with Gasteiger partial charge < -0.3 is 9.92 Å². The molecule has 0 fully saturated rings. The molecule has 0 spiro atoms. The Balaban J connectivity index is 3.03. The van der Waals surface area contributed by atoms with Gasteiger partial charge in [0.05, 0.1) is 11.3 Å². The monoisotopic (exact) mass is 241 g/mol. The van der Waals surface area contributed by atoms with E-state index in [1.54, 1.807) is 0 Å². The molecular formula is C7H6F3NO3S. The fourth-order valence-corrected chi connectivity index (χ4v) is 1.18. The summed E-state index contributed by atoms with van der Waals surface area (Å²) in [6, 6.07) is 2.22. The molecule has 0 radical (unpaired) electrons. The number of nitrogen functional groups attached to an aromatic ring is 1. The van der Waals surface area contributed by atoms with Crippen LogP contribution in [0.3, 0.4) is 0 Å². The highest BCUT2D eigenvalue weighted by Gasteiger charge is 2.31. The molecule has 0 bridgehead atoms. The van der Waals surface area contributed by atoms with Crippen LogP contribution in [0.25, 0.3) is 0 Å². The second-order valence-electron chi connectivity index (χ2n) is 2.55. The summed E-state index contributed by atoms with van der Waals surface area (Å²) in [4.78, 5) is 0. The number of benzene rings is 1. The van der Waals surface area contributed by atoms with Crippen LogP contribution in [0.2, 0.25) is 0 Å². The lowest BCUT2D eigenvalue weighted by Crippen LogP contribution is -2.07. The standard InChI is InChI=1S/C7H6F3NO3S/c8-7(9,10)4-1-2-6(5(11)3-4)14-15(12)13/h1-3H,11H2,(H,12,13). The topological polar surface area (TPSA) is 72.5 Å². The van der Waals surface area contributed by atoms with E-state index in [4.69, 9.17) is 10.3 Å². The Morgan fingerprint density at radius 1 is 1.40 bits per heavy atom. The molecule has 1 unspecified atom stereocenters. The molecular weight excluding hydrogens is 235 g/mol. The fourth-order valence-electron chi connectivity index (χ4n) is 0.877. The number of rotatable bonds is 2. The first-order chi connectivity index (χ1) is 6.80. The van der Waals surface area contributed by atoms with Crippen molar-refractivity contribution in [2.45, 2.75) is 6.18 Å². The van der Waals surface area contributed by atoms with Crippen molar-refractivity contribution in [2.24, 2.45) is 0 Å². The van der Waals surface area contributed by atoms with Crippen molar-refractivity contribution in [3.8, 4) is 5.75 Å². The van der Waals surface area contributed by atoms with Crippen molar-refractivity contribution < 1.29 is 26.1 Å². The van der Waals surface area contributed by atoms with Crippen LogP contribution in [-0.4, -0.2) is 8.76 Å². The third-order valence-corrected chi connectivity index (χ3v) is 1.82. The van der Waals surface area contributed by atoms with Crippen LogP contribution in [0.1, 0.15) is 5.56 Å². The van der Waals surface area contributed by atoms with E-state index >= 15 is 0 Å². The highest BCUT2D eigenvalue weighted by atomic mass is 32.2. The zero-order chi connectivity index (χ0) is 11.6. The molecule has 3 N–H and O–H groups in total. The van der Waals surface area contributed by atoms with Crippen LogP contribution < -0.4 is 9.92 Å². The molecule has 1 atom stereocenters. The minimum atomic E-state index is -4.51. The predicted molar refractivity (Wildman–Crippen MR) is 47.3 cm³/mol. The van der Waals surface area contributed by atoms with E-state index in [1.807, 2.05) is 0 Å². The maximum absolute atomic E-state index is 12.2. The van der Waals surface area contributed by atoms with Gasteiger partial charge in [0.1, 0.15) is 0 Å². The lowest BCUT2D eigenvalue weighted by molar-refractivity contribution is -0.137. The molecule has 0 aromatic heterocycles. The molecule has 0 saturated heterocycles. The van der Waals surface area contributed by atoms with Crippen molar-refractivity contribution >= 4 is 17.0 Å². The Hall–Kier alpha value is -1.28. The van der Waals surface area contributed by atoms with Crippen molar-refractivity contribution in [3.63, 3.8) is 0 Å². The van der Waals surface area contributed by atoms with Gasteiger partial charge in [0.15, 0.2) is 5.75 Å². The molecule has 1 aromatic rings. The molecule has 1 rings (SSSR count). The van der Waals surface area contributed by atoms with Crippen LogP contribution in [0.15, 0.2) is 18.2 Å². The largest absolute Gasteiger partial charge is 0.416 e. The summed E-state index contributed by atoms with van der Waals surface area (Å²) in [6.07, 6.45) is -4.51. The number of anilines is 1. The molecule has 4 nitrogen and oxygen atoms in total. The summed E-state index contributed by atoms with van der Waals surface area (Å²) < 4.78 is 59.3. The van der Waals surface area contributed by atoms with Crippen LogP contribution in [-0.2, 0) is 17.5 Å². The first kappa shape index (κ1) is 11.8. The van der Waals surface area contributed by atoms with E-state index in [-0.39, 0.29) is 11.4 Å². The Labute approximate surface area is 85.3 Å². The van der Waals surface area contributed by atoms with Crippen LogP contribution in [0, 0.1) is 0 Å². The van der Waals surface area contributed by atoms with Crippen LogP contribution >= 0.6 is 0 Å². The molecule has 0 amide bonds. The maximum Gasteiger partial charge on any atom is 0.416 e. The summed E-state index contributed by atoms with van der Waals surface area (Å²) in [7, 11) is 0. The lowest BCUT2D eigenvalue weighted by atomic mass is 10.2. The first-order valence-corrected chi connectivity index (χ1v) is 4.60. The zero-order valence-electron chi connectivity index (χ0n) is 7.12. The number of hydrogen-bond acceptors (Lipinski definition) is 3. The van der Waals surface area contributed by atoms with E-state index in [1.165, 1.54) is 0 Å². The third kappa shape index (κ3) is 3.10. The molecule has 8 heteroatoms. The third-order valence-electron chi connectivity index (χ3n) is 1.50. The molecule has 15 heavy (non-hydrogen) atoms. The van der Waals surface area contributed by atoms with Gasteiger partial charge in [0.2, 0.25) is 0 Å². The minimum Gasteiger partial charge on any atom is -0.396 e. The van der Waals surface area contributed by atoms with Crippen molar-refractivity contribution in [1.29, 1.82) is 0 Å². The van der Waals surface area contributed by atoms with Crippen LogP contribution in [0.5, 0.6) is 5.75 Å². The number of halogens is 3. The quantitative estimate of drug-likeness (QED) is 0.611. The van der Waals surface area contributed by atoms with Gasteiger partial charge in [-0.1, -0.05) is 0 Å². The van der Waals surface area contributed by atoms with Gasteiger partial charge in [-0.25, -0.2) is 0 Å². The van der Waals surface area contributed by atoms with E-state index in [9.17, 15) is 17.4 Å². The van der Waals surface area contributed by atoms with Gasteiger partial charge in [0.25, 0.3) is 0 Å². The molecule has 1 aromatic carbocycles. The Bertz CT molecular complexity index is 394. The average Bonchev–Trinajstić information content (AvgIpc) is 2.05. The van der Waals surface area contributed by atoms with Gasteiger partial charge in [0, 0.05) is 0 Å². The summed E-state index contributed by atoms with van der Waals surface area (Å²) in [6.45, 7) is 0. The molecule has 0 heterocycles. The van der Waals surface area contributed by atoms with Gasteiger partial charge >= 0.3 is 17.5 Å². The Morgan fingerprint density at radius 2 is 2.00 bits per heavy atom. The number of nitrogens with two attached hydrogens (primary N) is 1. The summed E-state index contributed by atoms with van der Waals surface area (Å²) in [5.74, 6) is -0.274. The molecule has 0 aliphatic carbocycles. The van der Waals surface area contributed by atoms with Gasteiger partial charge in [-0.05, 0) is 18.2 Å². The maximum atomic E-state index is 12.2. The van der Waals surface area contributed by atoms with Gasteiger partial charge in [-0.3, -0.25) is 4.55 Å². The lowest BCUT2D eigenvalue weighted by Gasteiger charge is -2.09. The predicted octanol–water partition coefficient (Wildman–Crippen LogP) is 1.80. The number of alkyl halides is 3. The van der Waals surface area contributed by atoms with E-state index in [2.05, 4.69) is 4.18 Å². The highest BCUT2D eigenvalue weighted by Crippen LogP contribution is 2.33. The van der Waals surface area contributed by atoms with Crippen molar-refractivity contribution in [3.05, 3.63) is 23.8 Å². The first-order valence-electron chi connectivity index (χ1n) is 3.56. The Kier molecular flexibility index (Phi) is 3.20. The zero-order valence-corrected chi connectivity index (χ0v) is 7.93. The fraction of sp³-hybridized carbons (Fsp3) is 0.143. The normalized spacial score (nSPS) is 13.6. The highest BCUT2D eigenvalue weighted by molar-refractivity contribution is 7.74. The summed E-state index contributed by atoms with van der Waals surface area (Å²) in [5, 5.41) is 0. The Morgan fingerprint density at radius 3 is 2.40 bits per heavy atom. The molecule has 0 aliphatic heterocycles. The molecule has 84 valence electrons. The van der Waals surface area contributed by atoms with Crippen molar-refractivity contribution in [1.82, 2.24) is 0 Å². The second-order valence-corrected chi connectivity index (χ2v) is 3.15. The van der Waals surface area contributed by atoms with Gasteiger partial charge in [-0.2, -0.15) is 17.4 Å². The SMILES string of the molecule is Nc1cc(C(F)(F)F)ccc1OS(=O)O. The smallest absolute Gasteiger partial charge is 0.396 e. The molecule has 0 aliphatic rings. The summed E-state index contributed by atoms with van der Waals surface area (Å²) in [5.41, 5.74) is 3.89. The van der Waals surface area contributed by atoms with Gasteiger partial charge in [-0.15, -0.1) is 0 Å². The molecule has 0 saturated carbocycles. The van der Waals surface area contributed by atoms with E-state index < -0.39 is 23.1 Å². The van der Waals surface area contributed by atoms with E-state index in [0.717, 1.165) is 6.07 Å². The van der Waals surface area contributed by atoms with E-state index in [0.29, 0.717) is 12.1 Å².